The van der Waals surface area contributed by atoms with Crippen molar-refractivity contribution in [3.05, 3.63) is 0 Å². The number of hydrogen-bond acceptors (Lipinski definition) is 3. The predicted molar refractivity (Wildman–Crippen MR) is 94.3 cm³/mol. The van der Waals surface area contributed by atoms with Crippen molar-refractivity contribution in [2.24, 2.45) is 16.7 Å². The third-order valence-corrected chi connectivity index (χ3v) is 7.60. The molecule has 3 rings (SSSR count). The highest BCUT2D eigenvalue weighted by Gasteiger charge is 2.61. The van der Waals surface area contributed by atoms with Crippen LogP contribution in [-0.4, -0.2) is 61.5 Å². The molecule has 2 bridgehead atoms. The molecule has 0 aromatic rings. The lowest BCUT2D eigenvalue weighted by atomic mass is 9.69. The fourth-order valence-corrected chi connectivity index (χ4v) is 5.22. The number of carbonyl (C=O) groups is 1. The number of fused-ring (bicyclic) bond motifs is 2. The van der Waals surface area contributed by atoms with Crippen LogP contribution in [0.15, 0.2) is 0 Å². The molecule has 3 aliphatic rings. The largest absolute Gasteiger partial charge is 0.353 e. The van der Waals surface area contributed by atoms with Gasteiger partial charge < -0.3 is 15.1 Å². The molecule has 3 fully saturated rings. The minimum atomic E-state index is 0.272. The number of piperazine rings is 1. The van der Waals surface area contributed by atoms with Crippen molar-refractivity contribution in [1.29, 1.82) is 0 Å². The molecular formula is C19H35N3O. The van der Waals surface area contributed by atoms with E-state index in [0.29, 0.717) is 23.3 Å². The lowest BCUT2D eigenvalue weighted by Gasteiger charge is -2.39. The maximum atomic E-state index is 12.4. The summed E-state index contributed by atoms with van der Waals surface area (Å²) in [6.07, 6.45) is 5.49. The third kappa shape index (κ3) is 3.17. The van der Waals surface area contributed by atoms with E-state index in [2.05, 4.69) is 42.9 Å². The molecule has 23 heavy (non-hydrogen) atoms. The smallest absolute Gasteiger partial charge is 0.220 e. The average Bonchev–Trinajstić information content (AvgIpc) is 2.82. The summed E-state index contributed by atoms with van der Waals surface area (Å²) in [5.41, 5.74) is 0.676. The van der Waals surface area contributed by atoms with Crippen LogP contribution in [0, 0.1) is 16.7 Å². The monoisotopic (exact) mass is 321 g/mol. The molecule has 1 saturated heterocycles. The van der Waals surface area contributed by atoms with Crippen LogP contribution in [0.1, 0.15) is 52.9 Å². The van der Waals surface area contributed by atoms with Gasteiger partial charge in [-0.05, 0) is 56.0 Å². The maximum absolute atomic E-state index is 12.4. The number of nitrogens with zero attached hydrogens (tertiary/aromatic N) is 2. The summed E-state index contributed by atoms with van der Waals surface area (Å²) in [6, 6.07) is 0.396. The molecule has 4 heteroatoms. The lowest BCUT2D eigenvalue weighted by molar-refractivity contribution is -0.123. The Kier molecular flexibility index (Phi) is 4.76. The molecule has 1 heterocycles. The van der Waals surface area contributed by atoms with E-state index in [1.54, 1.807) is 0 Å². The molecule has 0 aromatic heterocycles. The molecule has 0 aromatic carbocycles. The van der Waals surface area contributed by atoms with E-state index in [-0.39, 0.29) is 5.91 Å². The fourth-order valence-electron chi connectivity index (χ4n) is 5.22. The van der Waals surface area contributed by atoms with Crippen molar-refractivity contribution in [2.75, 3.05) is 39.8 Å². The van der Waals surface area contributed by atoms with Gasteiger partial charge in [-0.2, -0.15) is 0 Å². The van der Waals surface area contributed by atoms with Gasteiger partial charge in [0, 0.05) is 38.6 Å². The summed E-state index contributed by atoms with van der Waals surface area (Å²) in [7, 11) is 2.18. The highest BCUT2D eigenvalue weighted by molar-refractivity contribution is 5.76. The molecule has 4 nitrogen and oxygen atoms in total. The van der Waals surface area contributed by atoms with Crippen LogP contribution in [0.4, 0.5) is 0 Å². The molecule has 0 spiro atoms. The number of amides is 1. The van der Waals surface area contributed by atoms with Crippen LogP contribution < -0.4 is 5.32 Å². The maximum Gasteiger partial charge on any atom is 0.220 e. The number of hydrogen-bond donors (Lipinski definition) is 1. The van der Waals surface area contributed by atoms with Gasteiger partial charge in [-0.1, -0.05) is 20.8 Å². The van der Waals surface area contributed by atoms with Crippen molar-refractivity contribution in [2.45, 2.75) is 58.9 Å². The number of carbonyl (C=O) groups excluding carboxylic acids is 1. The second kappa shape index (κ2) is 6.36. The van der Waals surface area contributed by atoms with Crippen molar-refractivity contribution >= 4 is 5.91 Å². The predicted octanol–water partition coefficient (Wildman–Crippen LogP) is 2.34. The molecule has 2 aliphatic carbocycles. The molecule has 132 valence electrons. The lowest BCUT2D eigenvalue weighted by Crippen LogP contribution is -2.47. The number of likely N-dealkylation sites (N-methyl/N-ethyl adjacent to an activating group) is 1. The molecule has 1 aliphatic heterocycles. The highest BCUT2D eigenvalue weighted by atomic mass is 16.1. The first-order valence-electron chi connectivity index (χ1n) is 9.53. The zero-order valence-corrected chi connectivity index (χ0v) is 15.5. The van der Waals surface area contributed by atoms with E-state index in [9.17, 15) is 4.79 Å². The molecule has 2 saturated carbocycles. The quantitative estimate of drug-likeness (QED) is 0.844. The molecular weight excluding hydrogens is 286 g/mol. The van der Waals surface area contributed by atoms with Crippen molar-refractivity contribution in [3.63, 3.8) is 0 Å². The topological polar surface area (TPSA) is 35.6 Å². The summed E-state index contributed by atoms with van der Waals surface area (Å²) < 4.78 is 0. The molecule has 0 unspecified atom stereocenters. The molecule has 3 atom stereocenters. The Balaban J connectivity index is 1.41. The van der Waals surface area contributed by atoms with Gasteiger partial charge in [0.25, 0.3) is 0 Å². The summed E-state index contributed by atoms with van der Waals surface area (Å²) in [4.78, 5) is 17.3. The summed E-state index contributed by atoms with van der Waals surface area (Å²) in [6.45, 7) is 12.9. The van der Waals surface area contributed by atoms with Gasteiger partial charge in [0.05, 0.1) is 0 Å². The van der Waals surface area contributed by atoms with Crippen LogP contribution >= 0.6 is 0 Å². The number of rotatable bonds is 5. The SMILES string of the molecule is CN1CCN(CCCC(=O)N[C@@H]2C[C@H]3CC[C@]2(C)C3(C)C)CC1. The van der Waals surface area contributed by atoms with Gasteiger partial charge in [-0.15, -0.1) is 0 Å². The Hall–Kier alpha value is -0.610. The van der Waals surface area contributed by atoms with Crippen molar-refractivity contribution in [1.82, 2.24) is 15.1 Å². The third-order valence-electron chi connectivity index (χ3n) is 7.60. The van der Waals surface area contributed by atoms with Gasteiger partial charge in [-0.25, -0.2) is 0 Å². The first-order chi connectivity index (χ1) is 10.8. The van der Waals surface area contributed by atoms with E-state index in [4.69, 9.17) is 0 Å². The van der Waals surface area contributed by atoms with Crippen LogP contribution in [-0.2, 0) is 4.79 Å². The zero-order valence-electron chi connectivity index (χ0n) is 15.5. The van der Waals surface area contributed by atoms with Crippen LogP contribution in [0.2, 0.25) is 0 Å². The van der Waals surface area contributed by atoms with E-state index >= 15 is 0 Å². The van der Waals surface area contributed by atoms with Gasteiger partial charge >= 0.3 is 0 Å². The Morgan fingerprint density at radius 1 is 1.17 bits per heavy atom. The molecule has 1 N–H and O–H groups in total. The minimum absolute atomic E-state index is 0.272. The normalized spacial score (nSPS) is 37.2. The molecule has 1 amide bonds. The Labute approximate surface area is 142 Å². The second-order valence-corrected chi connectivity index (χ2v) is 8.98. The van der Waals surface area contributed by atoms with E-state index in [1.165, 1.54) is 19.3 Å². The number of nitrogens with one attached hydrogen (secondary N) is 1. The Morgan fingerprint density at radius 2 is 1.87 bits per heavy atom. The fraction of sp³-hybridized carbons (Fsp3) is 0.947. The van der Waals surface area contributed by atoms with Gasteiger partial charge in [0.1, 0.15) is 0 Å². The van der Waals surface area contributed by atoms with Gasteiger partial charge in [-0.3, -0.25) is 4.79 Å². The van der Waals surface area contributed by atoms with Crippen LogP contribution in [0.3, 0.4) is 0 Å². The van der Waals surface area contributed by atoms with E-state index in [1.807, 2.05) is 0 Å². The minimum Gasteiger partial charge on any atom is -0.353 e. The summed E-state index contributed by atoms with van der Waals surface area (Å²) in [5.74, 6) is 1.07. The van der Waals surface area contributed by atoms with Crippen LogP contribution in [0.5, 0.6) is 0 Å². The molecule has 0 radical (unpaired) electrons. The van der Waals surface area contributed by atoms with Crippen molar-refractivity contribution in [3.8, 4) is 0 Å². The van der Waals surface area contributed by atoms with E-state index in [0.717, 1.165) is 45.1 Å². The van der Waals surface area contributed by atoms with E-state index < -0.39 is 0 Å². The first-order valence-corrected chi connectivity index (χ1v) is 9.53. The van der Waals surface area contributed by atoms with Crippen LogP contribution in [0.25, 0.3) is 0 Å². The Bertz CT molecular complexity index is 442. The summed E-state index contributed by atoms with van der Waals surface area (Å²) >= 11 is 0. The van der Waals surface area contributed by atoms with Gasteiger partial charge in [0.2, 0.25) is 5.91 Å². The summed E-state index contributed by atoms with van der Waals surface area (Å²) in [5, 5.41) is 3.39. The van der Waals surface area contributed by atoms with Gasteiger partial charge in [0.15, 0.2) is 0 Å². The zero-order chi connectivity index (χ0) is 16.7. The average molecular weight is 322 g/mol. The second-order valence-electron chi connectivity index (χ2n) is 8.98. The standard InChI is InChI=1S/C19H35N3O/c1-18(2)15-7-8-19(18,3)16(14-15)20-17(23)6-5-9-22-12-10-21(4)11-13-22/h15-16H,5-14H2,1-4H3,(H,20,23)/t15-,16-,19+/m1/s1. The first kappa shape index (κ1) is 17.2. The Morgan fingerprint density at radius 3 is 2.43 bits per heavy atom. The van der Waals surface area contributed by atoms with Crippen molar-refractivity contribution < 1.29 is 4.79 Å². The highest BCUT2D eigenvalue weighted by Crippen LogP contribution is 2.65.